The molecule has 1 aliphatic rings. The second-order valence-corrected chi connectivity index (χ2v) is 23.3. The number of esters is 4. The molecule has 0 amide bonds. The summed E-state index contributed by atoms with van der Waals surface area (Å²) in [5.74, 6) is -4.32. The van der Waals surface area contributed by atoms with Gasteiger partial charge in [0.05, 0.1) is 10.9 Å². The van der Waals surface area contributed by atoms with E-state index in [0.717, 1.165) is 36.0 Å². The normalized spacial score (nSPS) is 16.7. The molecule has 20 heteroatoms. The minimum Gasteiger partial charge on any atom is -0.481 e. The number of hydrogen-bond donors (Lipinski definition) is 5. The van der Waals surface area contributed by atoms with Crippen molar-refractivity contribution >= 4 is 96.4 Å². The number of aliphatic carboxylic acids is 2. The van der Waals surface area contributed by atoms with Gasteiger partial charge in [-0.15, -0.1) is 60.5 Å². The summed E-state index contributed by atoms with van der Waals surface area (Å²) in [5, 5.41) is 26.6. The zero-order chi connectivity index (χ0) is 54.0. The molecular formula is C53H68O15S5. The maximum atomic E-state index is 12.3. The predicted octanol–water partition coefficient (Wildman–Crippen LogP) is 10.4. The zero-order valence-electron chi connectivity index (χ0n) is 41.6. The third-order valence-corrected chi connectivity index (χ3v) is 14.0. The summed E-state index contributed by atoms with van der Waals surface area (Å²) in [5.41, 5.74) is 2.53. The number of carbonyl (C=O) groups excluding carboxylic acids is 4. The summed E-state index contributed by atoms with van der Waals surface area (Å²) in [7, 11) is 0. The number of carboxylic acid groups (broad SMARTS) is 2. The first kappa shape index (κ1) is 64.4. The molecule has 0 saturated carbocycles. The van der Waals surface area contributed by atoms with Crippen LogP contribution >= 0.6 is 60.5 Å². The van der Waals surface area contributed by atoms with Crippen molar-refractivity contribution < 1.29 is 72.5 Å². The molecule has 3 N–H and O–H groups in total. The molecule has 1 saturated heterocycles. The van der Waals surface area contributed by atoms with Crippen LogP contribution in [0.5, 0.6) is 0 Å². The Labute approximate surface area is 452 Å². The van der Waals surface area contributed by atoms with Gasteiger partial charge >= 0.3 is 35.8 Å². The Balaban J connectivity index is 0.000000360. The molecule has 0 spiro atoms. The molecule has 4 aromatic rings. The van der Waals surface area contributed by atoms with E-state index < -0.39 is 65.0 Å². The van der Waals surface area contributed by atoms with Gasteiger partial charge in [0.25, 0.3) is 0 Å². The van der Waals surface area contributed by atoms with Crippen molar-refractivity contribution in [2.24, 2.45) is 0 Å². The van der Waals surface area contributed by atoms with Crippen LogP contribution in [-0.2, 0) is 83.6 Å². The van der Waals surface area contributed by atoms with Crippen molar-refractivity contribution in [3.05, 3.63) is 144 Å². The Morgan fingerprint density at radius 3 is 1.14 bits per heavy atom. The molecule has 15 nitrogen and oxygen atoms in total. The number of benzene rings is 4. The van der Waals surface area contributed by atoms with Crippen LogP contribution in [0.3, 0.4) is 0 Å². The summed E-state index contributed by atoms with van der Waals surface area (Å²) in [4.78, 5) is 68.2. The van der Waals surface area contributed by atoms with E-state index in [1.807, 2.05) is 121 Å². The van der Waals surface area contributed by atoms with Gasteiger partial charge in [0.15, 0.2) is 18.3 Å². The van der Waals surface area contributed by atoms with Gasteiger partial charge in [-0.1, -0.05) is 121 Å². The summed E-state index contributed by atoms with van der Waals surface area (Å²) in [6.45, 7) is 10.8. The maximum absolute atomic E-state index is 12.3. The van der Waals surface area contributed by atoms with Crippen LogP contribution < -0.4 is 0 Å². The van der Waals surface area contributed by atoms with E-state index >= 15 is 0 Å². The first-order valence-electron chi connectivity index (χ1n) is 23.4. The molecule has 1 aliphatic heterocycles. The summed E-state index contributed by atoms with van der Waals surface area (Å²) >= 11 is 14.2. The molecule has 1 heterocycles. The van der Waals surface area contributed by atoms with Gasteiger partial charge in [0.1, 0.15) is 26.4 Å². The first-order valence-corrected chi connectivity index (χ1v) is 27.2. The molecule has 5 unspecified atom stereocenters. The molecule has 0 aliphatic carbocycles. The number of rotatable bonds is 24. The Morgan fingerprint density at radius 2 is 0.795 bits per heavy atom. The average molecular weight is 1110 g/mol. The molecule has 1 fully saturated rings. The Kier molecular flexibility index (Phi) is 33.5. The largest absolute Gasteiger partial charge is 0.481 e. The highest BCUT2D eigenvalue weighted by Crippen LogP contribution is 2.46. The second kappa shape index (κ2) is 38.0. The zero-order valence-corrected chi connectivity index (χ0v) is 45.8. The van der Waals surface area contributed by atoms with E-state index in [1.165, 1.54) is 0 Å². The molecule has 4 aromatic carbocycles. The lowest BCUT2D eigenvalue weighted by Gasteiger charge is -2.27. The topological polar surface area (TPSA) is 218 Å². The number of thioether (sulfide) groups is 3. The fourth-order valence-electron chi connectivity index (χ4n) is 6.02. The minimum atomic E-state index is -1.34. The fraction of sp³-hybridized carbons (Fsp3) is 0.434. The average Bonchev–Trinajstić information content (AvgIpc) is 3.36. The van der Waals surface area contributed by atoms with Crippen molar-refractivity contribution in [1.29, 1.82) is 0 Å². The second-order valence-electron chi connectivity index (χ2n) is 15.9. The standard InChI is InChI=1S/C21H24O5S.C19H20O5.C7H12O5S.C6H12S3/c1-16(27)26-19(21(23)25-15-18-10-6-3-7-11-18)12-13-20(22)24-14-17-8-4-2-5-9-17;20-17(19(22)24-14-16-9-5-2-6-10-16)11-12-18(21)23-13-15-7-3-1-4-8-15;1-4(13)12-5(7(10)11)2-3-6(8)9;1-4-7-5(2)9-6(3)8-4/h2-11,16,19,27H,12-15H2,1H3;1-10,17,20H,11-14H2;4-5,13H,2-3H2,1H3,(H,8,9)(H,10,11);4-6H,1-3H3. The summed E-state index contributed by atoms with van der Waals surface area (Å²) in [6, 6.07) is 37.2. The molecular weight excluding hydrogens is 1040 g/mol. The van der Waals surface area contributed by atoms with E-state index in [2.05, 4.69) is 81.3 Å². The highest BCUT2D eigenvalue weighted by molar-refractivity contribution is 8.33. The van der Waals surface area contributed by atoms with Crippen LogP contribution in [0.15, 0.2) is 121 Å². The Morgan fingerprint density at radius 1 is 0.479 bits per heavy atom. The molecule has 0 aromatic heterocycles. The van der Waals surface area contributed by atoms with Gasteiger partial charge < -0.3 is 43.7 Å². The lowest BCUT2D eigenvalue weighted by molar-refractivity contribution is -0.161. The van der Waals surface area contributed by atoms with Gasteiger partial charge in [-0.2, -0.15) is 0 Å². The van der Waals surface area contributed by atoms with Crippen molar-refractivity contribution in [1.82, 2.24) is 0 Å². The number of carbonyl (C=O) groups is 6. The summed E-state index contributed by atoms with van der Waals surface area (Å²) < 4.78 is 33.4. The Hall–Kier alpha value is -4.67. The van der Waals surface area contributed by atoms with Gasteiger partial charge in [-0.05, 0) is 76.1 Å². The number of aliphatic hydroxyl groups is 1. The smallest absolute Gasteiger partial charge is 0.335 e. The molecule has 73 heavy (non-hydrogen) atoms. The third kappa shape index (κ3) is 32.3. The molecule has 5 atom stereocenters. The van der Waals surface area contributed by atoms with Crippen molar-refractivity contribution in [2.45, 2.75) is 143 Å². The SMILES string of the molecule is CC(S)OC(CCC(=O)O)C(=O)O.CC(S)OC(CCC(=O)OCc1ccccc1)C(=O)OCc1ccccc1.CC1SC(C)SC(C)S1.O=C(CCC(O)C(=O)OCc1ccccc1)OCc1ccccc1. The third-order valence-electron chi connectivity index (χ3n) is 9.47. The fourth-order valence-corrected chi connectivity index (χ4v) is 12.3. The number of aliphatic hydroxyl groups excluding tert-OH is 1. The lowest BCUT2D eigenvalue weighted by Crippen LogP contribution is -2.29. The quantitative estimate of drug-likeness (QED) is 0.0191. The highest BCUT2D eigenvalue weighted by Gasteiger charge is 2.25. The number of hydrogen-bond acceptors (Lipinski definition) is 18. The van der Waals surface area contributed by atoms with Crippen LogP contribution in [0.4, 0.5) is 0 Å². The number of thiol groups is 2. The first-order chi connectivity index (χ1) is 34.8. The molecule has 0 bridgehead atoms. The maximum Gasteiger partial charge on any atom is 0.335 e. The van der Waals surface area contributed by atoms with E-state index in [9.17, 15) is 33.9 Å². The number of carboxylic acids is 2. The van der Waals surface area contributed by atoms with Gasteiger partial charge in [0.2, 0.25) is 0 Å². The summed E-state index contributed by atoms with van der Waals surface area (Å²) in [6.07, 6.45) is -3.42. The minimum absolute atomic E-state index is 0.0265. The predicted molar refractivity (Wildman–Crippen MR) is 292 cm³/mol. The number of ether oxygens (including phenoxy) is 6. The van der Waals surface area contributed by atoms with Crippen LogP contribution in [0, 0.1) is 0 Å². The van der Waals surface area contributed by atoms with Gasteiger partial charge in [-0.25, -0.2) is 14.4 Å². The van der Waals surface area contributed by atoms with E-state index in [0.29, 0.717) is 0 Å². The lowest BCUT2D eigenvalue weighted by atomic mass is 10.2. The van der Waals surface area contributed by atoms with Crippen molar-refractivity contribution in [3.8, 4) is 0 Å². The van der Waals surface area contributed by atoms with Crippen LogP contribution in [0.25, 0.3) is 0 Å². The van der Waals surface area contributed by atoms with E-state index in [1.54, 1.807) is 13.8 Å². The van der Waals surface area contributed by atoms with E-state index in [4.69, 9.17) is 38.6 Å². The van der Waals surface area contributed by atoms with Crippen molar-refractivity contribution in [2.75, 3.05) is 0 Å². The van der Waals surface area contributed by atoms with Crippen LogP contribution in [0.2, 0.25) is 0 Å². The Bertz CT molecular complexity index is 2150. The highest BCUT2D eigenvalue weighted by atomic mass is 32.3. The molecule has 400 valence electrons. The van der Waals surface area contributed by atoms with Crippen molar-refractivity contribution in [3.63, 3.8) is 0 Å². The van der Waals surface area contributed by atoms with E-state index in [-0.39, 0.29) is 65.0 Å². The van der Waals surface area contributed by atoms with Crippen LogP contribution in [-0.4, -0.2) is 94.1 Å². The van der Waals surface area contributed by atoms with Gasteiger partial charge in [0, 0.05) is 33.0 Å². The molecule has 0 radical (unpaired) electrons. The van der Waals surface area contributed by atoms with Crippen LogP contribution in [0.1, 0.15) is 95.4 Å². The monoisotopic (exact) mass is 1100 g/mol. The molecule has 5 rings (SSSR count). The van der Waals surface area contributed by atoms with Gasteiger partial charge in [-0.3, -0.25) is 14.4 Å².